The Bertz CT molecular complexity index is 519. The van der Waals surface area contributed by atoms with Crippen molar-refractivity contribution in [1.82, 2.24) is 4.98 Å². The van der Waals surface area contributed by atoms with Crippen molar-refractivity contribution in [2.24, 2.45) is 11.8 Å². The summed E-state index contributed by atoms with van der Waals surface area (Å²) in [6.07, 6.45) is -4.19. The van der Waals surface area contributed by atoms with Crippen molar-refractivity contribution in [2.75, 3.05) is 4.90 Å². The van der Waals surface area contributed by atoms with E-state index >= 15 is 0 Å². The summed E-state index contributed by atoms with van der Waals surface area (Å²) in [7, 11) is 0. The molecular formula is C13H15F3N2O2. The number of halogens is 3. The second-order valence-corrected chi connectivity index (χ2v) is 5.14. The number of hydrogen-bond donors (Lipinski definition) is 1. The second-order valence-electron chi connectivity index (χ2n) is 5.14. The molecule has 1 N–H and O–H groups in total. The number of anilines is 1. The third kappa shape index (κ3) is 2.63. The molecule has 4 nitrogen and oxygen atoms in total. The normalized spacial score (nSPS) is 27.8. The Morgan fingerprint density at radius 3 is 2.65 bits per heavy atom. The molecule has 0 aromatic carbocycles. The Kier molecular flexibility index (Phi) is 3.73. The number of aromatic nitrogens is 1. The molecule has 0 spiro atoms. The molecular weight excluding hydrogens is 273 g/mol. The van der Waals surface area contributed by atoms with E-state index in [0.29, 0.717) is 6.42 Å². The SMILES string of the molecule is CC1C[C@H](C)C(O)N(c2cc(C(F)(F)F)ccn2)C1=O. The molecule has 1 aliphatic heterocycles. The summed E-state index contributed by atoms with van der Waals surface area (Å²) < 4.78 is 38.1. The molecule has 0 bridgehead atoms. The van der Waals surface area contributed by atoms with Gasteiger partial charge in [0.2, 0.25) is 5.91 Å². The maximum Gasteiger partial charge on any atom is 0.416 e. The van der Waals surface area contributed by atoms with Gasteiger partial charge in [0.05, 0.1) is 5.56 Å². The Balaban J connectivity index is 2.41. The van der Waals surface area contributed by atoms with Gasteiger partial charge in [0, 0.05) is 18.0 Å². The van der Waals surface area contributed by atoms with Crippen molar-refractivity contribution < 1.29 is 23.1 Å². The number of rotatable bonds is 1. The van der Waals surface area contributed by atoms with Crippen LogP contribution in [0.15, 0.2) is 18.3 Å². The average molecular weight is 288 g/mol. The Hall–Kier alpha value is -1.63. The third-order valence-electron chi connectivity index (χ3n) is 3.48. The molecule has 0 aliphatic carbocycles. The summed E-state index contributed by atoms with van der Waals surface area (Å²) in [4.78, 5) is 16.8. The lowest BCUT2D eigenvalue weighted by molar-refractivity contribution is -0.138. The molecule has 1 aromatic heterocycles. The van der Waals surface area contributed by atoms with Gasteiger partial charge in [-0.05, 0) is 18.6 Å². The lowest BCUT2D eigenvalue weighted by Gasteiger charge is -2.38. The van der Waals surface area contributed by atoms with Gasteiger partial charge in [0.25, 0.3) is 0 Å². The largest absolute Gasteiger partial charge is 0.416 e. The van der Waals surface area contributed by atoms with E-state index < -0.39 is 23.9 Å². The molecule has 1 fully saturated rings. The highest BCUT2D eigenvalue weighted by Gasteiger charge is 2.39. The fraction of sp³-hybridized carbons (Fsp3) is 0.538. The van der Waals surface area contributed by atoms with Crippen LogP contribution in [0.1, 0.15) is 25.8 Å². The zero-order valence-corrected chi connectivity index (χ0v) is 11.1. The zero-order chi connectivity index (χ0) is 15.1. The predicted octanol–water partition coefficient (Wildman–Crippen LogP) is 2.43. The van der Waals surface area contributed by atoms with Crippen LogP contribution in [0.2, 0.25) is 0 Å². The van der Waals surface area contributed by atoms with E-state index in [2.05, 4.69) is 4.98 Å². The fourth-order valence-electron chi connectivity index (χ4n) is 2.38. The van der Waals surface area contributed by atoms with Crippen LogP contribution in [0.4, 0.5) is 19.0 Å². The molecule has 0 saturated carbocycles. The summed E-state index contributed by atoms with van der Waals surface area (Å²) in [5, 5.41) is 10.1. The van der Waals surface area contributed by atoms with E-state index in [1.807, 2.05) is 0 Å². The van der Waals surface area contributed by atoms with Gasteiger partial charge in [-0.2, -0.15) is 13.2 Å². The van der Waals surface area contributed by atoms with Gasteiger partial charge in [-0.3, -0.25) is 9.69 Å². The van der Waals surface area contributed by atoms with E-state index in [1.165, 1.54) is 0 Å². The first kappa shape index (κ1) is 14.8. The Morgan fingerprint density at radius 1 is 1.40 bits per heavy atom. The van der Waals surface area contributed by atoms with Gasteiger partial charge in [0.15, 0.2) is 0 Å². The summed E-state index contributed by atoms with van der Waals surface area (Å²) in [6, 6.07) is 1.61. The molecule has 1 aromatic rings. The van der Waals surface area contributed by atoms with Crippen LogP contribution >= 0.6 is 0 Å². The number of carbonyl (C=O) groups is 1. The first-order valence-corrected chi connectivity index (χ1v) is 6.26. The highest BCUT2D eigenvalue weighted by atomic mass is 19.4. The molecule has 2 heterocycles. The van der Waals surface area contributed by atoms with Crippen molar-refractivity contribution >= 4 is 11.7 Å². The molecule has 1 saturated heterocycles. The maximum absolute atomic E-state index is 12.7. The Labute approximate surface area is 114 Å². The van der Waals surface area contributed by atoms with Crippen molar-refractivity contribution in [3.05, 3.63) is 23.9 Å². The number of nitrogens with zero attached hydrogens (tertiary/aromatic N) is 2. The standard InChI is InChI=1S/C13H15F3N2O2/c1-7-5-8(2)12(20)18(11(7)19)10-6-9(3-4-17-10)13(14,15)16/h3-4,6-8,11,19H,5H2,1-2H3/t7-,8?,11?/m0/s1. The van der Waals surface area contributed by atoms with Gasteiger partial charge in [-0.15, -0.1) is 0 Å². The average Bonchev–Trinajstić information content (AvgIpc) is 2.36. The molecule has 20 heavy (non-hydrogen) atoms. The highest BCUT2D eigenvalue weighted by molar-refractivity contribution is 5.95. The molecule has 1 amide bonds. The molecule has 2 unspecified atom stereocenters. The van der Waals surface area contributed by atoms with Crippen LogP contribution in [0.3, 0.4) is 0 Å². The smallest absolute Gasteiger partial charge is 0.373 e. The topological polar surface area (TPSA) is 53.4 Å². The summed E-state index contributed by atoms with van der Waals surface area (Å²) in [5.41, 5.74) is -0.895. The monoisotopic (exact) mass is 288 g/mol. The van der Waals surface area contributed by atoms with Crippen LogP contribution in [-0.2, 0) is 11.0 Å². The molecule has 2 rings (SSSR count). The molecule has 0 radical (unpaired) electrons. The van der Waals surface area contributed by atoms with Crippen LogP contribution in [0.25, 0.3) is 0 Å². The van der Waals surface area contributed by atoms with Gasteiger partial charge >= 0.3 is 6.18 Å². The van der Waals surface area contributed by atoms with E-state index in [0.717, 1.165) is 23.2 Å². The summed E-state index contributed by atoms with van der Waals surface area (Å²) >= 11 is 0. The van der Waals surface area contributed by atoms with Crippen LogP contribution in [0.5, 0.6) is 0 Å². The van der Waals surface area contributed by atoms with Crippen molar-refractivity contribution in [3.63, 3.8) is 0 Å². The van der Waals surface area contributed by atoms with E-state index in [-0.39, 0.29) is 17.7 Å². The van der Waals surface area contributed by atoms with E-state index in [9.17, 15) is 23.1 Å². The lowest BCUT2D eigenvalue weighted by atomic mass is 9.89. The van der Waals surface area contributed by atoms with Gasteiger partial charge in [-0.25, -0.2) is 4.98 Å². The van der Waals surface area contributed by atoms with Crippen LogP contribution in [-0.4, -0.2) is 22.2 Å². The number of piperidine rings is 1. The molecule has 110 valence electrons. The minimum absolute atomic E-state index is 0.171. The number of alkyl halides is 3. The first-order valence-electron chi connectivity index (χ1n) is 6.26. The van der Waals surface area contributed by atoms with Gasteiger partial charge < -0.3 is 5.11 Å². The Morgan fingerprint density at radius 2 is 2.05 bits per heavy atom. The van der Waals surface area contributed by atoms with Crippen molar-refractivity contribution in [1.29, 1.82) is 0 Å². The number of amides is 1. The quantitative estimate of drug-likeness (QED) is 0.863. The number of aliphatic hydroxyl groups excluding tert-OH is 1. The summed E-state index contributed by atoms with van der Waals surface area (Å²) in [5.74, 6) is -1.16. The van der Waals surface area contributed by atoms with Gasteiger partial charge in [-0.1, -0.05) is 13.8 Å². The minimum atomic E-state index is -4.52. The number of pyridine rings is 1. The van der Waals surface area contributed by atoms with Crippen molar-refractivity contribution in [3.8, 4) is 0 Å². The number of carbonyl (C=O) groups excluding carboxylic acids is 1. The van der Waals surface area contributed by atoms with Crippen LogP contribution < -0.4 is 4.90 Å². The first-order chi connectivity index (χ1) is 9.21. The summed E-state index contributed by atoms with van der Waals surface area (Å²) in [6.45, 7) is 3.43. The number of hydrogen-bond acceptors (Lipinski definition) is 3. The zero-order valence-electron chi connectivity index (χ0n) is 11.1. The fourth-order valence-corrected chi connectivity index (χ4v) is 2.38. The van der Waals surface area contributed by atoms with Crippen LogP contribution in [0, 0.1) is 11.8 Å². The van der Waals surface area contributed by atoms with E-state index in [1.54, 1.807) is 13.8 Å². The lowest BCUT2D eigenvalue weighted by Crippen LogP contribution is -2.51. The molecule has 1 aliphatic rings. The van der Waals surface area contributed by atoms with Crippen molar-refractivity contribution in [2.45, 2.75) is 32.7 Å². The minimum Gasteiger partial charge on any atom is -0.373 e. The predicted molar refractivity (Wildman–Crippen MR) is 65.7 cm³/mol. The highest BCUT2D eigenvalue weighted by Crippen LogP contribution is 2.34. The number of aliphatic hydroxyl groups is 1. The molecule has 7 heteroatoms. The third-order valence-corrected chi connectivity index (χ3v) is 3.48. The second kappa shape index (κ2) is 5.05. The van der Waals surface area contributed by atoms with Gasteiger partial charge in [0.1, 0.15) is 12.0 Å². The maximum atomic E-state index is 12.7. The molecule has 3 atom stereocenters. The van der Waals surface area contributed by atoms with E-state index in [4.69, 9.17) is 0 Å².